The zero-order valence-electron chi connectivity index (χ0n) is 11.7. The number of aliphatic hydroxyl groups is 1. The topological polar surface area (TPSA) is 79.0 Å². The van der Waals surface area contributed by atoms with Gasteiger partial charge in [0.25, 0.3) is 0 Å². The zero-order valence-corrected chi connectivity index (χ0v) is 11.7. The van der Waals surface area contributed by atoms with Crippen LogP contribution in [0.25, 0.3) is 0 Å². The van der Waals surface area contributed by atoms with Crippen molar-refractivity contribution in [2.24, 2.45) is 5.41 Å². The molecule has 106 valence electrons. The molecule has 2 atom stereocenters. The highest BCUT2D eigenvalue weighted by Gasteiger charge is 2.44. The van der Waals surface area contributed by atoms with Crippen LogP contribution in [0, 0.1) is 23.7 Å². The second-order valence-corrected chi connectivity index (χ2v) is 5.27. The van der Waals surface area contributed by atoms with Gasteiger partial charge in [-0.25, -0.2) is 9.97 Å². The molecule has 21 heavy (non-hydrogen) atoms. The molecular weight excluding hydrogens is 266 g/mol. The van der Waals surface area contributed by atoms with Gasteiger partial charge in [-0.15, -0.1) is 0 Å². The number of fused-ring (bicyclic) bond motifs is 1. The van der Waals surface area contributed by atoms with Crippen molar-refractivity contribution in [2.45, 2.75) is 19.4 Å². The van der Waals surface area contributed by atoms with E-state index in [0.29, 0.717) is 17.9 Å². The number of benzene rings is 1. The van der Waals surface area contributed by atoms with E-state index >= 15 is 0 Å². The molecule has 2 aromatic rings. The number of aryl methyl sites for hydroxylation is 1. The van der Waals surface area contributed by atoms with Crippen LogP contribution in [0.4, 0.5) is 0 Å². The van der Waals surface area contributed by atoms with Gasteiger partial charge in [0.2, 0.25) is 0 Å². The van der Waals surface area contributed by atoms with Crippen LogP contribution in [-0.2, 0) is 6.42 Å². The van der Waals surface area contributed by atoms with E-state index in [2.05, 4.69) is 16.0 Å². The van der Waals surface area contributed by atoms with Crippen LogP contribution < -0.4 is 4.74 Å². The number of aromatic nitrogens is 2. The van der Waals surface area contributed by atoms with Crippen LogP contribution in [0.5, 0.6) is 5.75 Å². The molecule has 0 saturated carbocycles. The molecule has 5 nitrogen and oxygen atoms in total. The second-order valence-electron chi connectivity index (χ2n) is 5.27. The number of rotatable bonds is 2. The van der Waals surface area contributed by atoms with Gasteiger partial charge in [-0.1, -0.05) is 18.2 Å². The summed E-state index contributed by atoms with van der Waals surface area (Å²) in [6.07, 6.45) is 1.01. The molecule has 0 amide bonds. The maximum absolute atomic E-state index is 10.7. The van der Waals surface area contributed by atoms with E-state index in [9.17, 15) is 10.4 Å². The van der Waals surface area contributed by atoms with Crippen molar-refractivity contribution in [2.75, 3.05) is 6.61 Å². The fourth-order valence-electron chi connectivity index (χ4n) is 2.61. The van der Waals surface area contributed by atoms with Crippen molar-refractivity contribution in [1.29, 1.82) is 5.26 Å². The van der Waals surface area contributed by atoms with Gasteiger partial charge in [-0.05, 0) is 24.6 Å². The van der Waals surface area contributed by atoms with Crippen molar-refractivity contribution >= 4 is 0 Å². The number of nitrogens with zero attached hydrogens (tertiary/aromatic N) is 3. The Kier molecular flexibility index (Phi) is 3.32. The zero-order chi connectivity index (χ0) is 14.9. The summed E-state index contributed by atoms with van der Waals surface area (Å²) in [5.41, 5.74) is 0.344. The van der Waals surface area contributed by atoms with Crippen LogP contribution >= 0.6 is 0 Å². The van der Waals surface area contributed by atoms with Gasteiger partial charge in [0.1, 0.15) is 29.7 Å². The van der Waals surface area contributed by atoms with Gasteiger partial charge in [-0.3, -0.25) is 0 Å². The molecule has 1 aromatic heterocycles. The van der Waals surface area contributed by atoms with E-state index in [1.54, 1.807) is 19.2 Å². The first-order valence-corrected chi connectivity index (χ1v) is 6.74. The third-order valence-corrected chi connectivity index (χ3v) is 3.79. The summed E-state index contributed by atoms with van der Waals surface area (Å²) in [5, 5.41) is 20.3. The summed E-state index contributed by atoms with van der Waals surface area (Å²) in [6, 6.07) is 11.5. The molecule has 3 rings (SSSR count). The normalized spacial score (nSPS) is 21.8. The number of aliphatic hydroxyl groups excluding tert-OH is 1. The Labute approximate surface area is 122 Å². The van der Waals surface area contributed by atoms with Gasteiger partial charge in [-0.2, -0.15) is 5.26 Å². The largest absolute Gasteiger partial charge is 0.492 e. The van der Waals surface area contributed by atoms with Crippen molar-refractivity contribution in [3.63, 3.8) is 0 Å². The molecule has 1 aromatic carbocycles. The Balaban J connectivity index is 1.97. The maximum Gasteiger partial charge on any atom is 0.127 e. The maximum atomic E-state index is 10.7. The molecule has 5 heteroatoms. The summed E-state index contributed by atoms with van der Waals surface area (Å²) >= 11 is 0. The molecule has 0 fully saturated rings. The lowest BCUT2D eigenvalue weighted by atomic mass is 9.76. The first-order chi connectivity index (χ1) is 10.1. The Morgan fingerprint density at radius 1 is 1.38 bits per heavy atom. The molecule has 0 aliphatic carbocycles. The minimum absolute atomic E-state index is 0.144. The summed E-state index contributed by atoms with van der Waals surface area (Å²) in [7, 11) is 0. The first kappa shape index (κ1) is 13.5. The Bertz CT molecular complexity index is 711. The number of para-hydroxylation sites is 1. The van der Waals surface area contributed by atoms with Gasteiger partial charge in [0.05, 0.1) is 11.8 Å². The van der Waals surface area contributed by atoms with E-state index < -0.39 is 11.5 Å². The lowest BCUT2D eigenvalue weighted by Crippen LogP contribution is -2.39. The highest BCUT2D eigenvalue weighted by molar-refractivity contribution is 5.38. The quantitative estimate of drug-likeness (QED) is 0.910. The lowest BCUT2D eigenvalue weighted by molar-refractivity contribution is 0.0143. The summed E-state index contributed by atoms with van der Waals surface area (Å²) in [4.78, 5) is 8.24. The monoisotopic (exact) mass is 281 g/mol. The SMILES string of the molecule is Cc1nccc(C(O)C2(C#N)COc3ccccc3C2)n1. The third-order valence-electron chi connectivity index (χ3n) is 3.79. The molecule has 0 saturated heterocycles. The predicted octanol–water partition coefficient (Wildman–Crippen LogP) is 1.96. The highest BCUT2D eigenvalue weighted by Crippen LogP contribution is 2.42. The van der Waals surface area contributed by atoms with E-state index in [-0.39, 0.29) is 6.61 Å². The molecule has 0 radical (unpaired) electrons. The van der Waals surface area contributed by atoms with E-state index in [0.717, 1.165) is 11.3 Å². The average molecular weight is 281 g/mol. The Morgan fingerprint density at radius 3 is 2.95 bits per heavy atom. The van der Waals surface area contributed by atoms with E-state index in [1.165, 1.54) is 0 Å². The molecule has 1 aliphatic heterocycles. The van der Waals surface area contributed by atoms with Crippen LogP contribution in [-0.4, -0.2) is 21.7 Å². The van der Waals surface area contributed by atoms with Crippen LogP contribution in [0.1, 0.15) is 23.2 Å². The number of nitriles is 1. The third kappa shape index (κ3) is 2.34. The average Bonchev–Trinajstić information content (AvgIpc) is 2.53. The van der Waals surface area contributed by atoms with Crippen molar-refractivity contribution < 1.29 is 9.84 Å². The fourth-order valence-corrected chi connectivity index (χ4v) is 2.61. The van der Waals surface area contributed by atoms with Crippen molar-refractivity contribution in [3.8, 4) is 11.8 Å². The molecule has 2 heterocycles. The van der Waals surface area contributed by atoms with Crippen LogP contribution in [0.3, 0.4) is 0 Å². The van der Waals surface area contributed by atoms with E-state index in [4.69, 9.17) is 4.74 Å². The summed E-state index contributed by atoms with van der Waals surface area (Å²) in [5.74, 6) is 1.34. The molecule has 2 unspecified atom stereocenters. The van der Waals surface area contributed by atoms with Crippen LogP contribution in [0.15, 0.2) is 36.5 Å². The predicted molar refractivity (Wildman–Crippen MR) is 75.4 cm³/mol. The van der Waals surface area contributed by atoms with Gasteiger partial charge in [0.15, 0.2) is 0 Å². The smallest absolute Gasteiger partial charge is 0.127 e. The number of hydrogen-bond donors (Lipinski definition) is 1. The lowest BCUT2D eigenvalue weighted by Gasteiger charge is -2.35. The van der Waals surface area contributed by atoms with E-state index in [1.807, 2.05) is 24.3 Å². The first-order valence-electron chi connectivity index (χ1n) is 6.74. The Hall–Kier alpha value is -2.45. The van der Waals surface area contributed by atoms with Crippen LogP contribution in [0.2, 0.25) is 0 Å². The summed E-state index contributed by atoms with van der Waals surface area (Å²) < 4.78 is 5.68. The molecule has 0 bridgehead atoms. The minimum Gasteiger partial charge on any atom is -0.492 e. The molecule has 0 spiro atoms. The highest BCUT2D eigenvalue weighted by atomic mass is 16.5. The van der Waals surface area contributed by atoms with Crippen molar-refractivity contribution in [1.82, 2.24) is 9.97 Å². The minimum atomic E-state index is -1.03. The number of hydrogen-bond acceptors (Lipinski definition) is 5. The standard InChI is InChI=1S/C16H15N3O2/c1-11-18-7-6-13(19-11)15(20)16(9-17)8-12-4-2-3-5-14(12)21-10-16/h2-7,15,20H,8,10H2,1H3. The Morgan fingerprint density at radius 2 is 2.19 bits per heavy atom. The van der Waals surface area contributed by atoms with Gasteiger partial charge in [0, 0.05) is 12.6 Å². The van der Waals surface area contributed by atoms with Gasteiger partial charge < -0.3 is 9.84 Å². The van der Waals surface area contributed by atoms with Gasteiger partial charge >= 0.3 is 0 Å². The van der Waals surface area contributed by atoms with Crippen molar-refractivity contribution in [3.05, 3.63) is 53.6 Å². The fraction of sp³-hybridized carbons (Fsp3) is 0.312. The summed E-state index contributed by atoms with van der Waals surface area (Å²) in [6.45, 7) is 1.90. The molecule has 1 aliphatic rings. The molecule has 1 N–H and O–H groups in total. The second kappa shape index (κ2) is 5.15. The number of ether oxygens (including phenoxy) is 1. The molecular formula is C16H15N3O2.